The molecule has 0 saturated carbocycles. The standard InChI is InChI=1S/C9H13NO2S2/c1-4-6-5-13-8(10-6)14-9(2,3)7(11)12/h5H,4H2,1-3H3,(H,11,12). The zero-order valence-electron chi connectivity index (χ0n) is 8.40. The molecule has 78 valence electrons. The van der Waals surface area contributed by atoms with Crippen LogP contribution in [-0.4, -0.2) is 20.8 Å². The second-order valence-electron chi connectivity index (χ2n) is 3.38. The van der Waals surface area contributed by atoms with Crippen molar-refractivity contribution in [1.29, 1.82) is 0 Å². The molecule has 0 aliphatic heterocycles. The molecule has 0 aliphatic carbocycles. The maximum Gasteiger partial charge on any atom is 0.319 e. The molecular weight excluding hydrogens is 218 g/mol. The number of carboxylic acid groups (broad SMARTS) is 1. The van der Waals surface area contributed by atoms with Crippen LogP contribution in [0.3, 0.4) is 0 Å². The number of carbonyl (C=O) groups is 1. The lowest BCUT2D eigenvalue weighted by Crippen LogP contribution is -2.26. The fourth-order valence-corrected chi connectivity index (χ4v) is 3.03. The van der Waals surface area contributed by atoms with Gasteiger partial charge in [-0.3, -0.25) is 4.79 Å². The average molecular weight is 231 g/mol. The molecule has 0 spiro atoms. The van der Waals surface area contributed by atoms with Gasteiger partial charge < -0.3 is 5.11 Å². The van der Waals surface area contributed by atoms with Crippen LogP contribution in [0, 0.1) is 0 Å². The van der Waals surface area contributed by atoms with E-state index in [0.717, 1.165) is 16.5 Å². The summed E-state index contributed by atoms with van der Waals surface area (Å²) >= 11 is 2.80. The Labute approximate surface area is 91.6 Å². The third-order valence-electron chi connectivity index (χ3n) is 1.75. The summed E-state index contributed by atoms with van der Waals surface area (Å²) in [6, 6.07) is 0. The maximum absolute atomic E-state index is 10.9. The number of nitrogens with zero attached hydrogens (tertiary/aromatic N) is 1. The van der Waals surface area contributed by atoms with Crippen LogP contribution < -0.4 is 0 Å². The predicted molar refractivity (Wildman–Crippen MR) is 59.1 cm³/mol. The molecule has 14 heavy (non-hydrogen) atoms. The Kier molecular flexibility index (Phi) is 3.55. The summed E-state index contributed by atoms with van der Waals surface area (Å²) in [4.78, 5) is 15.2. The van der Waals surface area contributed by atoms with Crippen molar-refractivity contribution < 1.29 is 9.90 Å². The minimum Gasteiger partial charge on any atom is -0.480 e. The first-order valence-electron chi connectivity index (χ1n) is 4.32. The Bertz CT molecular complexity index is 333. The van der Waals surface area contributed by atoms with E-state index in [9.17, 15) is 4.79 Å². The molecule has 0 aliphatic rings. The first-order chi connectivity index (χ1) is 6.45. The molecule has 1 aromatic rings. The van der Waals surface area contributed by atoms with E-state index < -0.39 is 10.7 Å². The second-order valence-corrected chi connectivity index (χ2v) is 6.10. The Morgan fingerprint density at radius 1 is 1.71 bits per heavy atom. The topological polar surface area (TPSA) is 50.2 Å². The zero-order chi connectivity index (χ0) is 10.8. The molecule has 0 aromatic carbocycles. The van der Waals surface area contributed by atoms with Crippen molar-refractivity contribution in [3.8, 4) is 0 Å². The van der Waals surface area contributed by atoms with Crippen LogP contribution in [0.5, 0.6) is 0 Å². The molecule has 0 fully saturated rings. The molecule has 1 N–H and O–H groups in total. The number of hydrogen-bond donors (Lipinski definition) is 1. The summed E-state index contributed by atoms with van der Waals surface area (Å²) in [5.41, 5.74) is 1.03. The van der Waals surface area contributed by atoms with E-state index in [2.05, 4.69) is 4.98 Å². The molecule has 0 atom stereocenters. The van der Waals surface area contributed by atoms with Gasteiger partial charge in [0.25, 0.3) is 0 Å². The van der Waals surface area contributed by atoms with Crippen LogP contribution in [0.2, 0.25) is 0 Å². The van der Waals surface area contributed by atoms with Gasteiger partial charge in [0, 0.05) is 5.38 Å². The monoisotopic (exact) mass is 231 g/mol. The Balaban J connectivity index is 2.73. The lowest BCUT2D eigenvalue weighted by Gasteiger charge is -2.15. The molecule has 3 nitrogen and oxygen atoms in total. The summed E-state index contributed by atoms with van der Waals surface area (Å²) < 4.78 is 0.0253. The number of carboxylic acids is 1. The number of aryl methyl sites for hydroxylation is 1. The van der Waals surface area contributed by atoms with Crippen molar-refractivity contribution in [2.75, 3.05) is 0 Å². The normalized spacial score (nSPS) is 11.6. The first kappa shape index (κ1) is 11.5. The summed E-state index contributed by atoms with van der Waals surface area (Å²) in [6.45, 7) is 5.41. The molecule has 0 radical (unpaired) electrons. The van der Waals surface area contributed by atoms with Crippen molar-refractivity contribution >= 4 is 29.1 Å². The number of thioether (sulfide) groups is 1. The van der Waals surface area contributed by atoms with Crippen LogP contribution in [0.15, 0.2) is 9.72 Å². The molecule has 1 aromatic heterocycles. The van der Waals surface area contributed by atoms with E-state index in [4.69, 9.17) is 5.11 Å². The van der Waals surface area contributed by atoms with Crippen molar-refractivity contribution in [2.24, 2.45) is 0 Å². The highest BCUT2D eigenvalue weighted by Crippen LogP contribution is 2.34. The van der Waals surface area contributed by atoms with E-state index in [1.807, 2.05) is 12.3 Å². The Hall–Kier alpha value is -0.550. The smallest absolute Gasteiger partial charge is 0.319 e. The molecule has 1 heterocycles. The van der Waals surface area contributed by atoms with Gasteiger partial charge >= 0.3 is 5.97 Å². The molecular formula is C9H13NO2S2. The number of thiazole rings is 1. The van der Waals surface area contributed by atoms with Crippen molar-refractivity contribution in [3.05, 3.63) is 11.1 Å². The SMILES string of the molecule is CCc1csc(SC(C)(C)C(=O)O)n1. The van der Waals surface area contributed by atoms with Gasteiger partial charge in [-0.15, -0.1) is 11.3 Å². The van der Waals surface area contributed by atoms with E-state index in [1.165, 1.54) is 23.1 Å². The maximum atomic E-state index is 10.9. The van der Waals surface area contributed by atoms with Gasteiger partial charge in [-0.25, -0.2) is 4.98 Å². The molecule has 0 bridgehead atoms. The first-order valence-corrected chi connectivity index (χ1v) is 6.02. The van der Waals surface area contributed by atoms with Crippen LogP contribution >= 0.6 is 23.1 Å². The van der Waals surface area contributed by atoms with Crippen molar-refractivity contribution in [2.45, 2.75) is 36.3 Å². The third-order valence-corrected chi connectivity index (χ3v) is 3.92. The quantitative estimate of drug-likeness (QED) is 0.809. The van der Waals surface area contributed by atoms with Crippen molar-refractivity contribution in [3.63, 3.8) is 0 Å². The van der Waals surface area contributed by atoms with Gasteiger partial charge in [0.1, 0.15) is 4.75 Å². The van der Waals surface area contributed by atoms with E-state index >= 15 is 0 Å². The van der Waals surface area contributed by atoms with Gasteiger partial charge in [0.15, 0.2) is 4.34 Å². The highest BCUT2D eigenvalue weighted by molar-refractivity contribution is 8.02. The molecule has 0 unspecified atom stereocenters. The largest absolute Gasteiger partial charge is 0.480 e. The Morgan fingerprint density at radius 3 is 2.79 bits per heavy atom. The molecule has 1 rings (SSSR count). The number of aromatic nitrogens is 1. The van der Waals surface area contributed by atoms with Gasteiger partial charge in [-0.2, -0.15) is 0 Å². The fourth-order valence-electron chi connectivity index (χ4n) is 0.760. The molecule has 0 saturated heterocycles. The van der Waals surface area contributed by atoms with Gasteiger partial charge in [-0.1, -0.05) is 18.7 Å². The van der Waals surface area contributed by atoms with Crippen LogP contribution in [-0.2, 0) is 11.2 Å². The van der Waals surface area contributed by atoms with Crippen LogP contribution in [0.25, 0.3) is 0 Å². The zero-order valence-corrected chi connectivity index (χ0v) is 10.0. The van der Waals surface area contributed by atoms with E-state index in [-0.39, 0.29) is 0 Å². The number of rotatable bonds is 4. The van der Waals surface area contributed by atoms with Gasteiger partial charge in [0.2, 0.25) is 0 Å². The molecule has 5 heteroatoms. The highest BCUT2D eigenvalue weighted by atomic mass is 32.2. The molecule has 0 amide bonds. The van der Waals surface area contributed by atoms with Crippen LogP contribution in [0.1, 0.15) is 26.5 Å². The van der Waals surface area contributed by atoms with Crippen molar-refractivity contribution in [1.82, 2.24) is 4.98 Å². The minimum absolute atomic E-state index is 0.803. The van der Waals surface area contributed by atoms with Gasteiger partial charge in [0.05, 0.1) is 5.69 Å². The predicted octanol–water partition coefficient (Wildman–Crippen LogP) is 2.66. The van der Waals surface area contributed by atoms with Gasteiger partial charge in [-0.05, 0) is 20.3 Å². The fraction of sp³-hybridized carbons (Fsp3) is 0.556. The highest BCUT2D eigenvalue weighted by Gasteiger charge is 2.29. The Morgan fingerprint density at radius 2 is 2.36 bits per heavy atom. The summed E-state index contributed by atoms with van der Waals surface area (Å²) in [5.74, 6) is -0.809. The lowest BCUT2D eigenvalue weighted by atomic mass is 10.2. The van der Waals surface area contributed by atoms with E-state index in [1.54, 1.807) is 13.8 Å². The summed E-state index contributed by atoms with van der Waals surface area (Å²) in [6.07, 6.45) is 0.893. The lowest BCUT2D eigenvalue weighted by molar-refractivity contribution is -0.138. The number of aliphatic carboxylic acids is 1. The summed E-state index contributed by atoms with van der Waals surface area (Å²) in [7, 11) is 0. The average Bonchev–Trinajstić information content (AvgIpc) is 2.51. The van der Waals surface area contributed by atoms with E-state index in [0.29, 0.717) is 0 Å². The second kappa shape index (κ2) is 4.31. The third kappa shape index (κ3) is 2.72. The van der Waals surface area contributed by atoms with Crippen LogP contribution in [0.4, 0.5) is 0 Å². The minimum atomic E-state index is -0.809. The number of hydrogen-bond acceptors (Lipinski definition) is 4. The summed E-state index contributed by atoms with van der Waals surface area (Å²) in [5, 5.41) is 10.9.